The van der Waals surface area contributed by atoms with Crippen molar-refractivity contribution in [3.8, 4) is 0 Å². The van der Waals surface area contributed by atoms with E-state index in [0.29, 0.717) is 16.1 Å². The SMILES string of the molecule is Nc1cccc(F)c1CSc1ccc(F)c(F)c1. The summed E-state index contributed by atoms with van der Waals surface area (Å²) in [4.78, 5) is 0.525. The molecule has 0 saturated heterocycles. The van der Waals surface area contributed by atoms with Gasteiger partial charge in [0, 0.05) is 21.9 Å². The Morgan fingerprint density at radius 3 is 2.39 bits per heavy atom. The second-order valence-electron chi connectivity index (χ2n) is 3.67. The normalized spacial score (nSPS) is 10.6. The summed E-state index contributed by atoms with van der Waals surface area (Å²) in [6.45, 7) is 0. The molecule has 2 aromatic carbocycles. The van der Waals surface area contributed by atoms with Crippen molar-refractivity contribution >= 4 is 17.4 Å². The lowest BCUT2D eigenvalue weighted by molar-refractivity contribution is 0.506. The first-order valence-corrected chi connectivity index (χ1v) is 6.17. The lowest BCUT2D eigenvalue weighted by Gasteiger charge is -2.07. The molecule has 0 atom stereocenters. The topological polar surface area (TPSA) is 26.0 Å². The Hall–Kier alpha value is -1.62. The van der Waals surface area contributed by atoms with Crippen molar-refractivity contribution in [3.63, 3.8) is 0 Å². The maximum atomic E-state index is 13.5. The van der Waals surface area contributed by atoms with Gasteiger partial charge in [0.15, 0.2) is 11.6 Å². The van der Waals surface area contributed by atoms with E-state index in [2.05, 4.69) is 0 Å². The Kier molecular flexibility index (Phi) is 3.81. The van der Waals surface area contributed by atoms with Gasteiger partial charge in [0.25, 0.3) is 0 Å². The van der Waals surface area contributed by atoms with E-state index in [1.165, 1.54) is 30.0 Å². The van der Waals surface area contributed by atoms with Gasteiger partial charge in [-0.05, 0) is 30.3 Å². The monoisotopic (exact) mass is 269 g/mol. The second-order valence-corrected chi connectivity index (χ2v) is 4.72. The standard InChI is InChI=1S/C13H10F3NS/c14-10-2-1-3-13(17)9(10)7-18-8-4-5-11(15)12(16)6-8/h1-6H,7,17H2. The fourth-order valence-electron chi connectivity index (χ4n) is 1.45. The molecule has 0 saturated carbocycles. The molecule has 0 fully saturated rings. The molecule has 1 nitrogen and oxygen atoms in total. The van der Waals surface area contributed by atoms with Crippen LogP contribution in [0.3, 0.4) is 0 Å². The molecule has 2 aromatic rings. The van der Waals surface area contributed by atoms with Crippen molar-refractivity contribution in [2.24, 2.45) is 0 Å². The predicted molar refractivity (Wildman–Crippen MR) is 66.7 cm³/mol. The zero-order chi connectivity index (χ0) is 13.1. The molecule has 2 rings (SSSR count). The van der Waals surface area contributed by atoms with Gasteiger partial charge in [0.05, 0.1) is 0 Å². The van der Waals surface area contributed by atoms with E-state index in [0.717, 1.165) is 12.1 Å². The van der Waals surface area contributed by atoms with Gasteiger partial charge in [-0.3, -0.25) is 0 Å². The number of anilines is 1. The largest absolute Gasteiger partial charge is 0.398 e. The molecule has 0 spiro atoms. The number of thioether (sulfide) groups is 1. The quantitative estimate of drug-likeness (QED) is 0.673. The summed E-state index contributed by atoms with van der Waals surface area (Å²) in [6.07, 6.45) is 0. The van der Waals surface area contributed by atoms with Crippen LogP contribution in [0, 0.1) is 17.5 Å². The molecule has 18 heavy (non-hydrogen) atoms. The fourth-order valence-corrected chi connectivity index (χ4v) is 2.42. The highest BCUT2D eigenvalue weighted by Gasteiger charge is 2.08. The molecule has 0 unspecified atom stereocenters. The number of benzene rings is 2. The third kappa shape index (κ3) is 2.79. The van der Waals surface area contributed by atoms with Crippen molar-refractivity contribution < 1.29 is 13.2 Å². The Bertz CT molecular complexity index is 552. The molecule has 0 aliphatic heterocycles. The van der Waals surface area contributed by atoms with Crippen LogP contribution >= 0.6 is 11.8 Å². The van der Waals surface area contributed by atoms with E-state index in [1.54, 1.807) is 6.07 Å². The van der Waals surface area contributed by atoms with Crippen molar-refractivity contribution in [2.75, 3.05) is 5.73 Å². The fraction of sp³-hybridized carbons (Fsp3) is 0.0769. The van der Waals surface area contributed by atoms with E-state index in [9.17, 15) is 13.2 Å². The van der Waals surface area contributed by atoms with Gasteiger partial charge in [-0.2, -0.15) is 0 Å². The van der Waals surface area contributed by atoms with Gasteiger partial charge in [-0.1, -0.05) is 6.07 Å². The van der Waals surface area contributed by atoms with E-state index in [4.69, 9.17) is 5.73 Å². The van der Waals surface area contributed by atoms with E-state index < -0.39 is 17.5 Å². The average molecular weight is 269 g/mol. The van der Waals surface area contributed by atoms with Gasteiger partial charge in [0.1, 0.15) is 5.82 Å². The lowest BCUT2D eigenvalue weighted by atomic mass is 10.2. The summed E-state index contributed by atoms with van der Waals surface area (Å²) >= 11 is 1.20. The van der Waals surface area contributed by atoms with Crippen molar-refractivity contribution in [3.05, 3.63) is 59.4 Å². The molecule has 2 N–H and O–H groups in total. The highest BCUT2D eigenvalue weighted by Crippen LogP contribution is 2.28. The third-order valence-electron chi connectivity index (χ3n) is 2.43. The van der Waals surface area contributed by atoms with Crippen molar-refractivity contribution in [1.29, 1.82) is 0 Å². The van der Waals surface area contributed by atoms with E-state index in [1.807, 2.05) is 0 Å². The molecule has 0 heterocycles. The second kappa shape index (κ2) is 5.35. The Morgan fingerprint density at radius 2 is 1.72 bits per heavy atom. The summed E-state index contributed by atoms with van der Waals surface area (Å²) in [5, 5.41) is 0. The van der Waals surface area contributed by atoms with Gasteiger partial charge in [-0.15, -0.1) is 11.8 Å². The van der Waals surface area contributed by atoms with Gasteiger partial charge in [-0.25, -0.2) is 13.2 Å². The molecule has 0 bridgehead atoms. The van der Waals surface area contributed by atoms with Gasteiger partial charge >= 0.3 is 0 Å². The Balaban J connectivity index is 2.14. The number of rotatable bonds is 3. The number of nitrogens with two attached hydrogens (primary N) is 1. The first kappa shape index (κ1) is 12.8. The molecule has 5 heteroatoms. The zero-order valence-corrected chi connectivity index (χ0v) is 10.1. The number of hydrogen-bond donors (Lipinski definition) is 1. The van der Waals surface area contributed by atoms with Crippen LogP contribution in [-0.4, -0.2) is 0 Å². The van der Waals surface area contributed by atoms with Gasteiger partial charge in [0.2, 0.25) is 0 Å². The Labute approximate surface area is 107 Å². The van der Waals surface area contributed by atoms with Crippen LogP contribution in [0.5, 0.6) is 0 Å². The number of halogens is 3. The molecule has 0 aliphatic rings. The predicted octanol–water partition coefficient (Wildman–Crippen LogP) is 3.98. The minimum Gasteiger partial charge on any atom is -0.398 e. The molecule has 0 radical (unpaired) electrons. The summed E-state index contributed by atoms with van der Waals surface area (Å²) in [7, 11) is 0. The number of hydrogen-bond acceptors (Lipinski definition) is 2. The lowest BCUT2D eigenvalue weighted by Crippen LogP contribution is -1.96. The average Bonchev–Trinajstić information content (AvgIpc) is 2.33. The molecule has 0 aromatic heterocycles. The highest BCUT2D eigenvalue weighted by molar-refractivity contribution is 7.98. The van der Waals surface area contributed by atoms with Crippen molar-refractivity contribution in [1.82, 2.24) is 0 Å². The first-order valence-electron chi connectivity index (χ1n) is 5.18. The summed E-state index contributed by atoms with van der Waals surface area (Å²) in [5.41, 5.74) is 6.37. The van der Waals surface area contributed by atoms with Crippen LogP contribution in [-0.2, 0) is 5.75 Å². The highest BCUT2D eigenvalue weighted by atomic mass is 32.2. The molecular weight excluding hydrogens is 259 g/mol. The molecule has 0 aliphatic carbocycles. The number of nitrogen functional groups attached to an aromatic ring is 1. The van der Waals surface area contributed by atoms with Crippen LogP contribution < -0.4 is 5.73 Å². The van der Waals surface area contributed by atoms with E-state index in [-0.39, 0.29) is 5.75 Å². The summed E-state index contributed by atoms with van der Waals surface area (Å²) in [5.74, 6) is -1.94. The molecule has 0 amide bonds. The van der Waals surface area contributed by atoms with E-state index >= 15 is 0 Å². The minimum atomic E-state index is -0.915. The maximum Gasteiger partial charge on any atom is 0.159 e. The van der Waals surface area contributed by atoms with Gasteiger partial charge < -0.3 is 5.73 Å². The smallest absolute Gasteiger partial charge is 0.159 e. The first-order chi connectivity index (χ1) is 8.58. The van der Waals surface area contributed by atoms with Crippen LogP contribution in [0.25, 0.3) is 0 Å². The molecule has 94 valence electrons. The summed E-state index contributed by atoms with van der Waals surface area (Å²) < 4.78 is 39.2. The molecular formula is C13H10F3NS. The zero-order valence-electron chi connectivity index (χ0n) is 9.29. The van der Waals surface area contributed by atoms with Crippen LogP contribution in [0.2, 0.25) is 0 Å². The van der Waals surface area contributed by atoms with Crippen LogP contribution in [0.1, 0.15) is 5.56 Å². The third-order valence-corrected chi connectivity index (χ3v) is 3.45. The minimum absolute atomic E-state index is 0.267. The van der Waals surface area contributed by atoms with Crippen LogP contribution in [0.15, 0.2) is 41.3 Å². The Morgan fingerprint density at radius 1 is 0.944 bits per heavy atom. The van der Waals surface area contributed by atoms with Crippen LogP contribution in [0.4, 0.5) is 18.9 Å². The maximum absolute atomic E-state index is 13.5. The summed E-state index contributed by atoms with van der Waals surface area (Å²) in [6, 6.07) is 8.01. The van der Waals surface area contributed by atoms with Crippen molar-refractivity contribution in [2.45, 2.75) is 10.6 Å².